The van der Waals surface area contributed by atoms with Crippen molar-refractivity contribution in [2.45, 2.75) is 78.6 Å². The molecule has 0 atom stereocenters. The lowest BCUT2D eigenvalue weighted by Gasteiger charge is -2.22. The Bertz CT molecular complexity index is 4780. The van der Waals surface area contributed by atoms with Gasteiger partial charge in [0.25, 0.3) is 0 Å². The highest BCUT2D eigenvalue weighted by atomic mass is 79.9. The molecule has 3 nitrogen and oxygen atoms in total. The van der Waals surface area contributed by atoms with Crippen molar-refractivity contribution in [1.82, 2.24) is 0 Å². The van der Waals surface area contributed by atoms with Crippen LogP contribution in [0.5, 0.6) is 0 Å². The molecule has 1 aliphatic carbocycles. The van der Waals surface area contributed by atoms with Crippen molar-refractivity contribution in [3.8, 4) is 22.3 Å². The Morgan fingerprint density at radius 1 is 0.316 bits per heavy atom. The fourth-order valence-electron chi connectivity index (χ4n) is 12.4. The van der Waals surface area contributed by atoms with Crippen LogP contribution in [-0.2, 0) is 0 Å². The normalized spacial score (nSPS) is 11.9. The van der Waals surface area contributed by atoms with Gasteiger partial charge in [0.15, 0.2) is 0 Å². The molecule has 95 heavy (non-hydrogen) atoms. The van der Waals surface area contributed by atoms with Crippen molar-refractivity contribution >= 4 is 141 Å². The molecule has 15 rings (SSSR count). The van der Waals surface area contributed by atoms with E-state index in [9.17, 15) is 0 Å². The van der Waals surface area contributed by atoms with E-state index in [1.807, 2.05) is 36.4 Å². The third kappa shape index (κ3) is 18.5. The van der Waals surface area contributed by atoms with E-state index in [1.165, 1.54) is 135 Å². The Morgan fingerprint density at radius 2 is 0.779 bits per heavy atom. The van der Waals surface area contributed by atoms with Crippen molar-refractivity contribution < 1.29 is 0 Å². The van der Waals surface area contributed by atoms with Gasteiger partial charge in [0, 0.05) is 52.0 Å². The highest BCUT2D eigenvalue weighted by molar-refractivity contribution is 9.11. The second kappa shape index (κ2) is 33.2. The summed E-state index contributed by atoms with van der Waals surface area (Å²) in [6.45, 7) is 10.8. The van der Waals surface area contributed by atoms with Gasteiger partial charge in [-0.05, 0) is 264 Å². The predicted octanol–water partition coefficient (Wildman–Crippen LogP) is 28.8. The van der Waals surface area contributed by atoms with E-state index in [0.29, 0.717) is 5.92 Å². The minimum Gasteiger partial charge on any atom is -0.356 e. The number of para-hydroxylation sites is 2. The van der Waals surface area contributed by atoms with Gasteiger partial charge in [0.1, 0.15) is 0 Å². The lowest BCUT2D eigenvalue weighted by atomic mass is 9.84. The number of rotatable bonds is 10. The van der Waals surface area contributed by atoms with E-state index in [0.717, 1.165) is 47.8 Å². The van der Waals surface area contributed by atoms with Crippen LogP contribution >= 0.6 is 63.7 Å². The van der Waals surface area contributed by atoms with Gasteiger partial charge in [-0.15, -0.1) is 0 Å². The Kier molecular flexibility index (Phi) is 23.7. The number of hydrogen-bond donors (Lipinski definition) is 3. The zero-order chi connectivity index (χ0) is 66.0. The largest absolute Gasteiger partial charge is 0.356 e. The molecular weight excluding hydrogens is 1420 g/mol. The first kappa shape index (κ1) is 67.8. The van der Waals surface area contributed by atoms with E-state index < -0.39 is 0 Å². The van der Waals surface area contributed by atoms with Gasteiger partial charge in [-0.1, -0.05) is 269 Å². The summed E-state index contributed by atoms with van der Waals surface area (Å²) < 4.78 is 4.56. The third-order valence-electron chi connectivity index (χ3n) is 17.3. The Hall–Kier alpha value is -8.56. The molecule has 474 valence electrons. The maximum Gasteiger partial charge on any atom is 0.0390 e. The summed E-state index contributed by atoms with van der Waals surface area (Å²) in [6, 6.07) is 104. The van der Waals surface area contributed by atoms with Gasteiger partial charge < -0.3 is 16.0 Å². The number of halogens is 4. The van der Waals surface area contributed by atoms with Crippen LogP contribution in [0.15, 0.2) is 315 Å². The van der Waals surface area contributed by atoms with Crippen LogP contribution in [0.2, 0.25) is 0 Å². The standard InChI is InChI=1S/C20H12Br2.C18H15N.C18H21N.C17H21N.C15H10Br2/c21-16-8-6-15-11-20(22)17-9-7-14(10-19(17)18(15)12-16)13-4-2-1-3-5-13;1-3-8-15(9-4-1)16-10-7-13-18(14-16)19-17-11-5-2-6-12-17;1-3-7-15(8-4-1)16-11-13-18(14-12-16)19-17-9-5-2-6-10-17;1-12(2)15-5-7-16(8-6-15)18-17-10-13(3)9-14(4)11-17;1-9-11-7-6-10(16)8-14(11)12-4-2-3-5-13(12)15(9)17/h1-12H;1-14,19H;2,5-6,9-15,19H,1,3-4,7-8H2;5-12,18H,1-4H3;2-8H,1H3. The first-order valence-corrected chi connectivity index (χ1v) is 35.9. The second-order valence-electron chi connectivity index (χ2n) is 24.7. The molecule has 1 saturated carbocycles. The number of hydrogen-bond acceptors (Lipinski definition) is 3. The lowest BCUT2D eigenvalue weighted by molar-refractivity contribution is 0.443. The minimum absolute atomic E-state index is 0.584. The van der Waals surface area contributed by atoms with Gasteiger partial charge >= 0.3 is 0 Å². The SMILES string of the molecule is Brc1ccc2cc(Br)c3ccc(-c4ccccc4)cc3c2c1.Cc1c(Br)c2ccccc2c2cc(Br)ccc12.Cc1cc(C)cc(Nc2ccc(C(C)C)cc2)c1.c1ccc(Nc2ccc(C3CCCCC3)cc2)cc1.c1ccc(Nc2cccc(-c3ccccc3)c2)cc1. The second-order valence-corrected chi connectivity index (χ2v) is 28.2. The molecule has 0 amide bonds. The van der Waals surface area contributed by atoms with Gasteiger partial charge in [-0.25, -0.2) is 0 Å². The number of fused-ring (bicyclic) bond motifs is 6. The molecule has 1 fully saturated rings. The number of nitrogens with one attached hydrogen (secondary N) is 3. The van der Waals surface area contributed by atoms with E-state index in [1.54, 1.807) is 0 Å². The average Bonchev–Trinajstić information content (AvgIpc) is 0.806. The van der Waals surface area contributed by atoms with E-state index in [4.69, 9.17) is 0 Å². The van der Waals surface area contributed by atoms with Gasteiger partial charge in [0.2, 0.25) is 0 Å². The number of benzene rings is 14. The first-order chi connectivity index (χ1) is 46.3. The van der Waals surface area contributed by atoms with E-state index in [2.05, 4.69) is 375 Å². The van der Waals surface area contributed by atoms with Crippen molar-refractivity contribution in [2.24, 2.45) is 0 Å². The molecule has 0 aliphatic heterocycles. The summed E-state index contributed by atoms with van der Waals surface area (Å²) in [4.78, 5) is 0. The monoisotopic (exact) mass is 1490 g/mol. The maximum atomic E-state index is 3.71. The molecular formula is C88H79Br4N3. The molecule has 0 unspecified atom stereocenters. The molecule has 14 aromatic carbocycles. The van der Waals surface area contributed by atoms with Crippen LogP contribution in [0.4, 0.5) is 34.1 Å². The van der Waals surface area contributed by atoms with Gasteiger partial charge in [-0.2, -0.15) is 0 Å². The molecule has 0 aromatic heterocycles. The quantitative estimate of drug-likeness (QED) is 0.119. The van der Waals surface area contributed by atoms with Crippen LogP contribution in [0.3, 0.4) is 0 Å². The molecule has 0 saturated heterocycles. The fraction of sp³-hybridized carbons (Fsp3) is 0.136. The lowest BCUT2D eigenvalue weighted by Crippen LogP contribution is -2.04. The van der Waals surface area contributed by atoms with Crippen LogP contribution in [0.25, 0.3) is 65.3 Å². The van der Waals surface area contributed by atoms with Crippen molar-refractivity contribution in [2.75, 3.05) is 16.0 Å². The molecule has 0 radical (unpaired) electrons. The Balaban J connectivity index is 0.000000121. The van der Waals surface area contributed by atoms with Crippen LogP contribution in [-0.4, -0.2) is 0 Å². The maximum absolute atomic E-state index is 3.71. The van der Waals surface area contributed by atoms with Crippen molar-refractivity contribution in [3.63, 3.8) is 0 Å². The summed E-state index contributed by atoms with van der Waals surface area (Å²) >= 11 is 14.6. The number of aryl methyl sites for hydroxylation is 3. The molecule has 0 spiro atoms. The smallest absolute Gasteiger partial charge is 0.0390 e. The molecule has 7 heteroatoms. The molecule has 3 N–H and O–H groups in total. The summed E-state index contributed by atoms with van der Waals surface area (Å²) in [5.74, 6) is 1.37. The summed E-state index contributed by atoms with van der Waals surface area (Å²) in [5.41, 5.74) is 18.5. The summed E-state index contributed by atoms with van der Waals surface area (Å²) in [7, 11) is 0. The van der Waals surface area contributed by atoms with E-state index >= 15 is 0 Å². The zero-order valence-electron chi connectivity index (χ0n) is 54.5. The topological polar surface area (TPSA) is 36.1 Å². The Labute approximate surface area is 595 Å². The average molecular weight is 1500 g/mol. The first-order valence-electron chi connectivity index (χ1n) is 32.8. The van der Waals surface area contributed by atoms with Crippen LogP contribution in [0, 0.1) is 20.8 Å². The summed E-state index contributed by atoms with van der Waals surface area (Å²) in [6.07, 6.45) is 6.95. The number of anilines is 6. The fourth-order valence-corrected chi connectivity index (χ4v) is 14.3. The molecule has 0 heterocycles. The molecule has 14 aromatic rings. The van der Waals surface area contributed by atoms with E-state index in [-0.39, 0.29) is 0 Å². The van der Waals surface area contributed by atoms with Crippen LogP contribution in [0.1, 0.15) is 85.6 Å². The third-order valence-corrected chi connectivity index (χ3v) is 20.0. The molecule has 0 bridgehead atoms. The summed E-state index contributed by atoms with van der Waals surface area (Å²) in [5, 5.41) is 20.5. The van der Waals surface area contributed by atoms with Crippen molar-refractivity contribution in [1.29, 1.82) is 0 Å². The van der Waals surface area contributed by atoms with Crippen molar-refractivity contribution in [3.05, 3.63) is 343 Å². The van der Waals surface area contributed by atoms with Gasteiger partial charge in [0.05, 0.1) is 0 Å². The Morgan fingerprint density at radius 3 is 1.38 bits per heavy atom. The highest BCUT2D eigenvalue weighted by Crippen LogP contribution is 2.39. The zero-order valence-corrected chi connectivity index (χ0v) is 60.8. The predicted molar refractivity (Wildman–Crippen MR) is 427 cm³/mol. The minimum atomic E-state index is 0.584. The van der Waals surface area contributed by atoms with Crippen LogP contribution < -0.4 is 16.0 Å². The highest BCUT2D eigenvalue weighted by Gasteiger charge is 2.16. The van der Waals surface area contributed by atoms with Gasteiger partial charge in [-0.3, -0.25) is 0 Å². The molecule has 1 aliphatic rings.